The highest BCUT2D eigenvalue weighted by Gasteiger charge is 2.24. The summed E-state index contributed by atoms with van der Waals surface area (Å²) < 4.78 is 1.96. The molecule has 1 unspecified atom stereocenters. The van der Waals surface area contributed by atoms with Crippen molar-refractivity contribution in [2.75, 3.05) is 0 Å². The number of aromatic nitrogens is 1. The van der Waals surface area contributed by atoms with Crippen molar-refractivity contribution in [2.24, 2.45) is 0 Å². The maximum Gasteiger partial charge on any atom is 0.263 e. The molecule has 0 amide bonds. The minimum atomic E-state index is 0.0568. The van der Waals surface area contributed by atoms with Gasteiger partial charge in [0.2, 0.25) is 0 Å². The van der Waals surface area contributed by atoms with Crippen LogP contribution in [0.1, 0.15) is 30.7 Å². The van der Waals surface area contributed by atoms with Crippen LogP contribution in [0.15, 0.2) is 149 Å². The molecule has 5 aromatic carbocycles. The van der Waals surface area contributed by atoms with Crippen molar-refractivity contribution >= 4 is 38.0 Å². The van der Waals surface area contributed by atoms with Gasteiger partial charge in [-0.25, -0.2) is 0 Å². The summed E-state index contributed by atoms with van der Waals surface area (Å²) in [6, 6.07) is 38.8. The molecule has 2 heterocycles. The van der Waals surface area contributed by atoms with Gasteiger partial charge in [-0.3, -0.25) is 9.20 Å². The van der Waals surface area contributed by atoms with E-state index >= 15 is 0 Å². The van der Waals surface area contributed by atoms with Gasteiger partial charge >= 0.3 is 0 Å². The molecular formula is C41H29NO. The number of pyridine rings is 1. The predicted octanol–water partition coefficient (Wildman–Crippen LogP) is 10.2. The first kappa shape index (κ1) is 24.4. The number of hydrogen-bond donors (Lipinski definition) is 0. The summed E-state index contributed by atoms with van der Waals surface area (Å²) in [5.41, 5.74) is 11.1. The third kappa shape index (κ3) is 3.76. The maximum absolute atomic E-state index is 14.0. The second-order valence-electron chi connectivity index (χ2n) is 12.0. The molecule has 9 rings (SSSR count). The Hall–Kier alpha value is -5.21. The minimum Gasteiger partial charge on any atom is -0.275 e. The molecule has 0 aliphatic heterocycles. The molecule has 2 nitrogen and oxygen atoms in total. The molecule has 0 saturated heterocycles. The summed E-state index contributed by atoms with van der Waals surface area (Å²) in [7, 11) is 0. The van der Waals surface area contributed by atoms with Crippen LogP contribution in [0.5, 0.6) is 0 Å². The van der Waals surface area contributed by atoms with Gasteiger partial charge in [0.25, 0.3) is 5.56 Å². The van der Waals surface area contributed by atoms with Crippen LogP contribution in [0.4, 0.5) is 0 Å². The molecule has 2 aromatic heterocycles. The number of allylic oxidation sites excluding steroid dienone is 6. The highest BCUT2D eigenvalue weighted by atomic mass is 16.1. The molecule has 0 saturated carbocycles. The SMILES string of the molecule is O=c1c2ccccc2c2cc(-c3ccc(-c4ccccc4)cc3)cc3c4cc(C5CC=C(C6=CC=CC6)C5)ccc4n1c23. The first-order chi connectivity index (χ1) is 21.2. The normalized spacial score (nSPS) is 16.6. The lowest BCUT2D eigenvalue weighted by molar-refractivity contribution is 0.743. The van der Waals surface area contributed by atoms with Crippen LogP contribution in [0, 0.1) is 0 Å². The van der Waals surface area contributed by atoms with Crippen molar-refractivity contribution in [3.63, 3.8) is 0 Å². The van der Waals surface area contributed by atoms with Gasteiger partial charge in [-0.2, -0.15) is 0 Å². The van der Waals surface area contributed by atoms with Crippen LogP contribution >= 0.6 is 0 Å². The zero-order valence-electron chi connectivity index (χ0n) is 23.8. The van der Waals surface area contributed by atoms with Gasteiger partial charge in [0, 0.05) is 21.5 Å². The summed E-state index contributed by atoms with van der Waals surface area (Å²) in [6.45, 7) is 0. The topological polar surface area (TPSA) is 21.5 Å². The van der Waals surface area contributed by atoms with E-state index in [0.717, 1.165) is 57.2 Å². The highest BCUT2D eigenvalue weighted by molar-refractivity contribution is 6.21. The third-order valence-electron chi connectivity index (χ3n) is 9.63. The van der Waals surface area contributed by atoms with E-state index in [0.29, 0.717) is 5.92 Å². The zero-order chi connectivity index (χ0) is 28.5. The first-order valence-electron chi connectivity index (χ1n) is 15.2. The van der Waals surface area contributed by atoms with Crippen molar-refractivity contribution in [2.45, 2.75) is 25.2 Å². The molecule has 2 aliphatic carbocycles. The van der Waals surface area contributed by atoms with Crippen LogP contribution in [0.25, 0.3) is 60.2 Å². The van der Waals surface area contributed by atoms with Crippen LogP contribution in [0.2, 0.25) is 0 Å². The Balaban J connectivity index is 1.24. The average Bonchev–Trinajstić information content (AvgIpc) is 3.84. The van der Waals surface area contributed by atoms with Crippen molar-refractivity contribution in [1.82, 2.24) is 4.40 Å². The molecule has 0 bridgehead atoms. The second-order valence-corrected chi connectivity index (χ2v) is 12.0. The Bertz CT molecular complexity index is 2370. The van der Waals surface area contributed by atoms with Crippen molar-refractivity contribution in [3.05, 3.63) is 161 Å². The number of benzene rings is 5. The van der Waals surface area contributed by atoms with Gasteiger partial charge in [0.15, 0.2) is 0 Å². The molecule has 7 aromatic rings. The summed E-state index contributed by atoms with van der Waals surface area (Å²) in [5, 5.41) is 5.20. The lowest BCUT2D eigenvalue weighted by atomic mass is 9.92. The summed E-state index contributed by atoms with van der Waals surface area (Å²) in [4.78, 5) is 14.0. The fraction of sp³-hybridized carbons (Fsp3) is 0.0976. The summed E-state index contributed by atoms with van der Waals surface area (Å²) in [6.07, 6.45) is 12.3. The van der Waals surface area contributed by atoms with Crippen molar-refractivity contribution in [3.8, 4) is 22.3 Å². The Morgan fingerprint density at radius 2 is 1.30 bits per heavy atom. The first-order valence-corrected chi connectivity index (χ1v) is 15.2. The molecule has 2 aliphatic rings. The van der Waals surface area contributed by atoms with E-state index in [1.165, 1.54) is 39.0 Å². The largest absolute Gasteiger partial charge is 0.275 e. The number of nitrogens with zero attached hydrogens (tertiary/aromatic N) is 1. The van der Waals surface area contributed by atoms with Crippen LogP contribution in [-0.2, 0) is 0 Å². The molecule has 0 radical (unpaired) electrons. The Kier molecular flexibility index (Phi) is 5.34. The van der Waals surface area contributed by atoms with Crippen molar-refractivity contribution in [1.29, 1.82) is 0 Å². The van der Waals surface area contributed by atoms with Gasteiger partial charge in [-0.05, 0) is 99.9 Å². The summed E-state index contributed by atoms with van der Waals surface area (Å²) >= 11 is 0. The van der Waals surface area contributed by atoms with E-state index in [1.807, 2.05) is 22.6 Å². The smallest absolute Gasteiger partial charge is 0.263 e. The van der Waals surface area contributed by atoms with E-state index in [4.69, 9.17) is 0 Å². The molecule has 0 N–H and O–H groups in total. The average molecular weight is 552 g/mol. The molecule has 43 heavy (non-hydrogen) atoms. The Labute approximate surface area is 249 Å². The van der Waals surface area contributed by atoms with E-state index in [1.54, 1.807) is 0 Å². The van der Waals surface area contributed by atoms with Crippen LogP contribution in [-0.4, -0.2) is 4.40 Å². The van der Waals surface area contributed by atoms with E-state index in [2.05, 4.69) is 115 Å². The molecule has 0 spiro atoms. The third-order valence-corrected chi connectivity index (χ3v) is 9.63. The fourth-order valence-corrected chi connectivity index (χ4v) is 7.43. The van der Waals surface area contributed by atoms with Crippen LogP contribution in [0.3, 0.4) is 0 Å². The fourth-order valence-electron chi connectivity index (χ4n) is 7.43. The Morgan fingerprint density at radius 3 is 2.07 bits per heavy atom. The van der Waals surface area contributed by atoms with E-state index < -0.39 is 0 Å². The molecular weight excluding hydrogens is 522 g/mol. The molecule has 2 heteroatoms. The number of fused-ring (bicyclic) bond motifs is 5. The molecule has 0 fully saturated rings. The molecule has 204 valence electrons. The second kappa shape index (κ2) is 9.40. The Morgan fingerprint density at radius 1 is 0.605 bits per heavy atom. The van der Waals surface area contributed by atoms with Crippen molar-refractivity contribution < 1.29 is 0 Å². The quantitative estimate of drug-likeness (QED) is 0.199. The highest BCUT2D eigenvalue weighted by Crippen LogP contribution is 2.42. The van der Waals surface area contributed by atoms with Gasteiger partial charge in [0.05, 0.1) is 11.0 Å². The maximum atomic E-state index is 14.0. The van der Waals surface area contributed by atoms with E-state index in [9.17, 15) is 4.79 Å². The van der Waals surface area contributed by atoms with Gasteiger partial charge in [-0.15, -0.1) is 0 Å². The van der Waals surface area contributed by atoms with Crippen LogP contribution < -0.4 is 5.56 Å². The molecule has 1 atom stereocenters. The number of rotatable bonds is 4. The zero-order valence-corrected chi connectivity index (χ0v) is 23.8. The van der Waals surface area contributed by atoms with Gasteiger partial charge in [-0.1, -0.05) is 103 Å². The van der Waals surface area contributed by atoms with Gasteiger partial charge in [0.1, 0.15) is 0 Å². The monoisotopic (exact) mass is 551 g/mol. The predicted molar refractivity (Wildman–Crippen MR) is 180 cm³/mol. The van der Waals surface area contributed by atoms with E-state index in [-0.39, 0.29) is 5.56 Å². The summed E-state index contributed by atoms with van der Waals surface area (Å²) in [5.74, 6) is 0.463. The number of hydrogen-bond acceptors (Lipinski definition) is 1. The van der Waals surface area contributed by atoms with Gasteiger partial charge < -0.3 is 0 Å². The minimum absolute atomic E-state index is 0.0568. The standard InChI is InChI=1S/C41H29NO/c43-41-35-13-7-6-12-34(35)37-24-33(29-16-14-28(15-17-29)26-8-2-1-3-9-26)25-38-36-23-32(20-21-39(36)42(41)40(37)38)31-19-18-30(22-31)27-10-4-5-11-27/h1-10,12-18,20-21,23-25,31H,11,19,22H2. The lowest BCUT2D eigenvalue weighted by Gasteiger charge is -2.12. The lowest BCUT2D eigenvalue weighted by Crippen LogP contribution is -2.12.